The Bertz CT molecular complexity index is 440. The Kier molecular flexibility index (Phi) is 7.50. The maximum absolute atomic E-state index is 11.4. The first kappa shape index (κ1) is 16.3. The number of esters is 2. The molecule has 0 aromatic heterocycles. The second-order valence-electron chi connectivity index (χ2n) is 3.93. The van der Waals surface area contributed by atoms with Gasteiger partial charge in [-0.2, -0.15) is 0 Å². The van der Waals surface area contributed by atoms with Gasteiger partial charge in [0.15, 0.2) is 5.92 Å². The van der Waals surface area contributed by atoms with Crippen LogP contribution in [0.2, 0.25) is 0 Å². The van der Waals surface area contributed by atoms with Gasteiger partial charge in [-0.25, -0.2) is 0 Å². The van der Waals surface area contributed by atoms with Gasteiger partial charge < -0.3 is 9.47 Å². The van der Waals surface area contributed by atoms with Gasteiger partial charge in [-0.05, 0) is 18.6 Å². The van der Waals surface area contributed by atoms with Gasteiger partial charge in [-0.1, -0.05) is 30.4 Å². The van der Waals surface area contributed by atoms with Crippen LogP contribution in [0.5, 0.6) is 0 Å². The number of hydrogen-bond donors (Lipinski definition) is 0. The van der Waals surface area contributed by atoms with Gasteiger partial charge in [0.25, 0.3) is 0 Å². The number of allylic oxidation sites excluding steroid dienone is 1. The SMILES string of the molecule is COC(=O)C(C/C=C/CSc1ccccc1)C(=O)OC. The molecule has 1 aromatic rings. The van der Waals surface area contributed by atoms with E-state index in [0.717, 1.165) is 5.75 Å². The lowest BCUT2D eigenvalue weighted by atomic mass is 10.1. The summed E-state index contributed by atoms with van der Waals surface area (Å²) in [5.41, 5.74) is 0. The molecule has 108 valence electrons. The van der Waals surface area contributed by atoms with Crippen LogP contribution in [0.4, 0.5) is 0 Å². The van der Waals surface area contributed by atoms with E-state index < -0.39 is 17.9 Å². The van der Waals surface area contributed by atoms with Crippen molar-refractivity contribution in [3.05, 3.63) is 42.5 Å². The number of methoxy groups -OCH3 is 2. The van der Waals surface area contributed by atoms with Crippen molar-refractivity contribution in [3.63, 3.8) is 0 Å². The number of carbonyl (C=O) groups excluding carboxylic acids is 2. The molecular formula is C15H18O4S. The molecule has 0 amide bonds. The first-order valence-corrected chi connectivity index (χ1v) is 7.16. The molecule has 0 spiro atoms. The molecule has 0 saturated heterocycles. The van der Waals surface area contributed by atoms with Crippen molar-refractivity contribution in [2.75, 3.05) is 20.0 Å². The first-order valence-electron chi connectivity index (χ1n) is 6.17. The number of hydrogen-bond acceptors (Lipinski definition) is 5. The van der Waals surface area contributed by atoms with E-state index in [9.17, 15) is 9.59 Å². The molecule has 0 N–H and O–H groups in total. The second-order valence-corrected chi connectivity index (χ2v) is 5.02. The number of benzene rings is 1. The van der Waals surface area contributed by atoms with Crippen molar-refractivity contribution in [1.29, 1.82) is 0 Å². The smallest absolute Gasteiger partial charge is 0.320 e. The summed E-state index contributed by atoms with van der Waals surface area (Å²) in [5.74, 6) is -1.25. The van der Waals surface area contributed by atoms with Crippen LogP contribution in [0.3, 0.4) is 0 Å². The first-order chi connectivity index (χ1) is 9.69. The topological polar surface area (TPSA) is 52.6 Å². The highest BCUT2D eigenvalue weighted by molar-refractivity contribution is 7.99. The van der Waals surface area contributed by atoms with Gasteiger partial charge >= 0.3 is 11.9 Å². The van der Waals surface area contributed by atoms with Crippen molar-refractivity contribution < 1.29 is 19.1 Å². The zero-order valence-corrected chi connectivity index (χ0v) is 12.4. The normalized spacial score (nSPS) is 10.8. The maximum Gasteiger partial charge on any atom is 0.320 e. The molecular weight excluding hydrogens is 276 g/mol. The van der Waals surface area contributed by atoms with E-state index >= 15 is 0 Å². The van der Waals surface area contributed by atoms with Crippen LogP contribution in [-0.4, -0.2) is 31.9 Å². The second kappa shape index (κ2) is 9.20. The molecule has 0 atom stereocenters. The lowest BCUT2D eigenvalue weighted by molar-refractivity contribution is -0.158. The summed E-state index contributed by atoms with van der Waals surface area (Å²) >= 11 is 1.68. The number of rotatable bonds is 7. The fraction of sp³-hybridized carbons (Fsp3) is 0.333. The van der Waals surface area contributed by atoms with Gasteiger partial charge in [0.1, 0.15) is 0 Å². The van der Waals surface area contributed by atoms with Crippen molar-refractivity contribution in [3.8, 4) is 0 Å². The van der Waals surface area contributed by atoms with Gasteiger partial charge in [-0.3, -0.25) is 9.59 Å². The van der Waals surface area contributed by atoms with Crippen LogP contribution in [0.1, 0.15) is 6.42 Å². The van der Waals surface area contributed by atoms with E-state index in [0.29, 0.717) is 0 Å². The molecule has 0 saturated carbocycles. The summed E-state index contributed by atoms with van der Waals surface area (Å²) in [7, 11) is 2.51. The summed E-state index contributed by atoms with van der Waals surface area (Å²) < 4.78 is 9.17. The Hall–Kier alpha value is -1.75. The molecule has 0 aliphatic rings. The molecule has 0 fully saturated rings. The lowest BCUT2D eigenvalue weighted by Crippen LogP contribution is -2.25. The number of carbonyl (C=O) groups is 2. The van der Waals surface area contributed by atoms with Crippen LogP contribution in [-0.2, 0) is 19.1 Å². The minimum absolute atomic E-state index is 0.286. The molecule has 0 aliphatic heterocycles. The fourth-order valence-corrected chi connectivity index (χ4v) is 2.31. The van der Waals surface area contributed by atoms with Crippen LogP contribution in [0.25, 0.3) is 0 Å². The standard InChI is InChI=1S/C15H18O4S/c1-18-14(16)13(15(17)19-2)10-6-7-11-20-12-8-4-3-5-9-12/h3-9,13H,10-11H2,1-2H3/b7-6+. The van der Waals surface area contributed by atoms with E-state index in [2.05, 4.69) is 9.47 Å². The lowest BCUT2D eigenvalue weighted by Gasteiger charge is -2.09. The molecule has 4 nitrogen and oxygen atoms in total. The van der Waals surface area contributed by atoms with E-state index in [1.54, 1.807) is 17.8 Å². The Morgan fingerprint density at radius 2 is 1.70 bits per heavy atom. The third-order valence-corrected chi connectivity index (χ3v) is 3.56. The van der Waals surface area contributed by atoms with Crippen LogP contribution < -0.4 is 0 Å². The molecule has 0 aliphatic carbocycles. The average molecular weight is 294 g/mol. The van der Waals surface area contributed by atoms with E-state index in [-0.39, 0.29) is 6.42 Å². The monoisotopic (exact) mass is 294 g/mol. The fourth-order valence-electron chi connectivity index (χ4n) is 1.53. The molecule has 20 heavy (non-hydrogen) atoms. The molecule has 0 radical (unpaired) electrons. The minimum Gasteiger partial charge on any atom is -0.468 e. The van der Waals surface area contributed by atoms with E-state index in [1.165, 1.54) is 19.1 Å². The quantitative estimate of drug-likeness (QED) is 0.335. The van der Waals surface area contributed by atoms with Gasteiger partial charge in [0.2, 0.25) is 0 Å². The average Bonchev–Trinajstić information content (AvgIpc) is 2.50. The van der Waals surface area contributed by atoms with Gasteiger partial charge in [0, 0.05) is 10.6 Å². The predicted octanol–water partition coefficient (Wildman–Crippen LogP) is 2.69. The van der Waals surface area contributed by atoms with Crippen LogP contribution in [0, 0.1) is 5.92 Å². The summed E-state index contributed by atoms with van der Waals surface area (Å²) in [5, 5.41) is 0. The zero-order chi connectivity index (χ0) is 14.8. The number of ether oxygens (including phenoxy) is 2. The van der Waals surface area contributed by atoms with Crippen molar-refractivity contribution in [2.24, 2.45) is 5.92 Å². The molecule has 0 bridgehead atoms. The highest BCUT2D eigenvalue weighted by atomic mass is 32.2. The van der Waals surface area contributed by atoms with Crippen LogP contribution >= 0.6 is 11.8 Å². The zero-order valence-electron chi connectivity index (χ0n) is 11.6. The third kappa shape index (κ3) is 5.48. The molecule has 1 aromatic carbocycles. The Labute approximate surface area is 123 Å². The highest BCUT2D eigenvalue weighted by Crippen LogP contribution is 2.17. The largest absolute Gasteiger partial charge is 0.468 e. The van der Waals surface area contributed by atoms with E-state index in [4.69, 9.17) is 0 Å². The summed E-state index contributed by atoms with van der Waals surface area (Å²) in [4.78, 5) is 24.0. The van der Waals surface area contributed by atoms with Gasteiger partial charge in [-0.15, -0.1) is 11.8 Å². The minimum atomic E-state index is -0.886. The summed E-state index contributed by atoms with van der Waals surface area (Å²) in [6, 6.07) is 10.00. The highest BCUT2D eigenvalue weighted by Gasteiger charge is 2.26. The Morgan fingerprint density at radius 1 is 1.10 bits per heavy atom. The molecule has 1 rings (SSSR count). The predicted molar refractivity (Wildman–Crippen MR) is 78.4 cm³/mol. The van der Waals surface area contributed by atoms with Crippen molar-refractivity contribution >= 4 is 23.7 Å². The Morgan fingerprint density at radius 3 is 2.25 bits per heavy atom. The number of thioether (sulfide) groups is 1. The molecule has 5 heteroatoms. The summed E-state index contributed by atoms with van der Waals surface area (Å²) in [6.45, 7) is 0. The maximum atomic E-state index is 11.4. The summed E-state index contributed by atoms with van der Waals surface area (Å²) in [6.07, 6.45) is 4.01. The molecule has 0 heterocycles. The van der Waals surface area contributed by atoms with Crippen molar-refractivity contribution in [1.82, 2.24) is 0 Å². The van der Waals surface area contributed by atoms with Crippen LogP contribution in [0.15, 0.2) is 47.4 Å². The van der Waals surface area contributed by atoms with E-state index in [1.807, 2.05) is 36.4 Å². The van der Waals surface area contributed by atoms with Crippen molar-refractivity contribution in [2.45, 2.75) is 11.3 Å². The Balaban J connectivity index is 2.41. The van der Waals surface area contributed by atoms with Gasteiger partial charge in [0.05, 0.1) is 14.2 Å². The third-order valence-electron chi connectivity index (χ3n) is 2.60. The molecule has 0 unspecified atom stereocenters.